The first kappa shape index (κ1) is 21.9. The molecule has 1 aromatic carbocycles. The number of ether oxygens (including phenoxy) is 2. The van der Waals surface area contributed by atoms with Crippen LogP contribution in [0.2, 0.25) is 5.02 Å². The van der Waals surface area contributed by atoms with Crippen LogP contribution in [0.5, 0.6) is 5.75 Å². The van der Waals surface area contributed by atoms with Crippen LogP contribution in [0.25, 0.3) is 0 Å². The van der Waals surface area contributed by atoms with Crippen molar-refractivity contribution in [2.75, 3.05) is 38.9 Å². The number of thiophene rings is 1. The standard InChI is InChI=1S/C18H20ClN3O4S2/c1-9-13(17(24)26-5)15(28-14(9)16(23)22(2)3)21-18(27)20-11-8-10(19)6-7-12(11)25-4/h6-8H,1-5H3,(H2,20,21,27). The van der Waals surface area contributed by atoms with Gasteiger partial charge in [-0.3, -0.25) is 4.79 Å². The van der Waals surface area contributed by atoms with Crippen LogP contribution in [0.4, 0.5) is 10.7 Å². The molecule has 150 valence electrons. The zero-order chi connectivity index (χ0) is 21.0. The Hall–Kier alpha value is -2.36. The van der Waals surface area contributed by atoms with Gasteiger partial charge in [-0.15, -0.1) is 11.3 Å². The number of halogens is 1. The summed E-state index contributed by atoms with van der Waals surface area (Å²) in [6, 6.07) is 5.06. The summed E-state index contributed by atoms with van der Waals surface area (Å²) in [6.45, 7) is 1.70. The number of anilines is 2. The van der Waals surface area contributed by atoms with E-state index >= 15 is 0 Å². The highest BCUT2D eigenvalue weighted by Gasteiger charge is 2.26. The fourth-order valence-electron chi connectivity index (χ4n) is 2.39. The molecule has 1 heterocycles. The molecule has 0 radical (unpaired) electrons. The maximum Gasteiger partial charge on any atom is 0.341 e. The summed E-state index contributed by atoms with van der Waals surface area (Å²) in [4.78, 5) is 26.5. The Labute approximate surface area is 177 Å². The lowest BCUT2D eigenvalue weighted by molar-refractivity contribution is 0.0601. The van der Waals surface area contributed by atoms with Gasteiger partial charge < -0.3 is 25.0 Å². The quantitative estimate of drug-likeness (QED) is 0.535. The summed E-state index contributed by atoms with van der Waals surface area (Å²) < 4.78 is 10.1. The van der Waals surface area contributed by atoms with Crippen LogP contribution in [0.3, 0.4) is 0 Å². The Balaban J connectivity index is 2.36. The molecule has 0 spiro atoms. The van der Waals surface area contributed by atoms with E-state index in [9.17, 15) is 9.59 Å². The van der Waals surface area contributed by atoms with Gasteiger partial charge in [0.15, 0.2) is 5.11 Å². The van der Waals surface area contributed by atoms with Crippen molar-refractivity contribution in [2.24, 2.45) is 0 Å². The number of nitrogens with zero attached hydrogens (tertiary/aromatic N) is 1. The molecule has 10 heteroatoms. The number of rotatable bonds is 5. The summed E-state index contributed by atoms with van der Waals surface area (Å²) >= 11 is 12.5. The van der Waals surface area contributed by atoms with Crippen LogP contribution in [0.1, 0.15) is 25.6 Å². The molecular weight excluding hydrogens is 422 g/mol. The molecular formula is C18H20ClN3O4S2. The number of thiocarbonyl (C=S) groups is 1. The minimum atomic E-state index is -0.558. The smallest absolute Gasteiger partial charge is 0.341 e. The Bertz CT molecular complexity index is 928. The molecule has 7 nitrogen and oxygen atoms in total. The third-order valence-electron chi connectivity index (χ3n) is 3.77. The molecule has 28 heavy (non-hydrogen) atoms. The Morgan fingerprint density at radius 3 is 2.46 bits per heavy atom. The molecule has 0 atom stereocenters. The maximum atomic E-state index is 12.4. The van der Waals surface area contributed by atoms with Crippen LogP contribution >= 0.6 is 35.2 Å². The van der Waals surface area contributed by atoms with Crippen LogP contribution in [-0.2, 0) is 4.74 Å². The van der Waals surface area contributed by atoms with Crippen LogP contribution in [0.15, 0.2) is 18.2 Å². The van der Waals surface area contributed by atoms with Crippen molar-refractivity contribution in [1.29, 1.82) is 0 Å². The number of carbonyl (C=O) groups is 2. The number of hydrogen-bond acceptors (Lipinski definition) is 6. The van der Waals surface area contributed by atoms with Gasteiger partial charge >= 0.3 is 5.97 Å². The minimum Gasteiger partial charge on any atom is -0.495 e. The molecule has 1 aromatic heterocycles. The first-order chi connectivity index (χ1) is 13.2. The molecule has 1 amide bonds. The van der Waals surface area contributed by atoms with E-state index in [1.165, 1.54) is 19.1 Å². The van der Waals surface area contributed by atoms with Crippen molar-refractivity contribution in [3.63, 3.8) is 0 Å². The highest BCUT2D eigenvalue weighted by molar-refractivity contribution is 7.80. The van der Waals surface area contributed by atoms with E-state index in [1.807, 2.05) is 0 Å². The largest absolute Gasteiger partial charge is 0.495 e. The summed E-state index contributed by atoms with van der Waals surface area (Å²) in [5.41, 5.74) is 1.35. The number of nitrogens with one attached hydrogen (secondary N) is 2. The molecule has 2 N–H and O–H groups in total. The number of hydrogen-bond donors (Lipinski definition) is 2. The van der Waals surface area contributed by atoms with E-state index in [1.54, 1.807) is 39.2 Å². The Morgan fingerprint density at radius 2 is 1.89 bits per heavy atom. The van der Waals surface area contributed by atoms with Gasteiger partial charge in [0, 0.05) is 19.1 Å². The summed E-state index contributed by atoms with van der Waals surface area (Å²) in [6.07, 6.45) is 0. The lowest BCUT2D eigenvalue weighted by Crippen LogP contribution is -2.21. The Morgan fingerprint density at radius 1 is 1.21 bits per heavy atom. The van der Waals surface area contributed by atoms with Crippen molar-refractivity contribution in [2.45, 2.75) is 6.92 Å². The summed E-state index contributed by atoms with van der Waals surface area (Å²) in [7, 11) is 6.10. The molecule has 0 saturated carbocycles. The highest BCUT2D eigenvalue weighted by atomic mass is 35.5. The molecule has 0 aliphatic carbocycles. The highest BCUT2D eigenvalue weighted by Crippen LogP contribution is 2.35. The molecule has 0 aliphatic heterocycles. The zero-order valence-electron chi connectivity index (χ0n) is 16.0. The van der Waals surface area contributed by atoms with Gasteiger partial charge in [0.25, 0.3) is 5.91 Å². The van der Waals surface area contributed by atoms with Crippen molar-refractivity contribution < 1.29 is 19.1 Å². The topological polar surface area (TPSA) is 79.9 Å². The van der Waals surface area contributed by atoms with E-state index in [2.05, 4.69) is 10.6 Å². The molecule has 0 aliphatic rings. The van der Waals surface area contributed by atoms with Crippen LogP contribution in [0, 0.1) is 6.92 Å². The number of methoxy groups -OCH3 is 2. The normalized spacial score (nSPS) is 10.2. The average molecular weight is 442 g/mol. The second-order valence-corrected chi connectivity index (χ2v) is 7.74. The molecule has 0 saturated heterocycles. The number of amides is 1. The van der Waals surface area contributed by atoms with Gasteiger partial charge in [0.1, 0.15) is 10.8 Å². The van der Waals surface area contributed by atoms with Crippen LogP contribution < -0.4 is 15.4 Å². The predicted octanol–water partition coefficient (Wildman–Crippen LogP) is 4.02. The number of esters is 1. The molecule has 0 fully saturated rings. The van der Waals surface area contributed by atoms with E-state index < -0.39 is 5.97 Å². The first-order valence-corrected chi connectivity index (χ1v) is 9.64. The SMILES string of the molecule is COC(=O)c1c(NC(=S)Nc2cc(Cl)ccc2OC)sc(C(=O)N(C)C)c1C. The van der Waals surface area contributed by atoms with Crippen molar-refractivity contribution in [3.8, 4) is 5.75 Å². The third kappa shape index (κ3) is 4.73. The van der Waals surface area contributed by atoms with Gasteiger partial charge in [-0.25, -0.2) is 4.79 Å². The summed E-state index contributed by atoms with van der Waals surface area (Å²) in [5.74, 6) is -0.221. The van der Waals surface area contributed by atoms with E-state index in [0.717, 1.165) is 11.3 Å². The third-order valence-corrected chi connectivity index (χ3v) is 5.41. The van der Waals surface area contributed by atoms with E-state index in [0.29, 0.717) is 31.9 Å². The fraction of sp³-hybridized carbons (Fsp3) is 0.278. The van der Waals surface area contributed by atoms with Crippen molar-refractivity contribution >= 4 is 62.8 Å². The lowest BCUT2D eigenvalue weighted by Gasteiger charge is -2.13. The molecule has 0 unspecified atom stereocenters. The second-order valence-electron chi connectivity index (χ2n) is 5.88. The fourth-order valence-corrected chi connectivity index (χ4v) is 4.06. The van der Waals surface area contributed by atoms with Gasteiger partial charge in [-0.05, 0) is 42.9 Å². The van der Waals surface area contributed by atoms with Gasteiger partial charge in [0.2, 0.25) is 0 Å². The lowest BCUT2D eigenvalue weighted by atomic mass is 10.1. The van der Waals surface area contributed by atoms with Crippen LogP contribution in [-0.4, -0.2) is 50.2 Å². The first-order valence-electron chi connectivity index (χ1n) is 8.04. The maximum absolute atomic E-state index is 12.4. The van der Waals surface area contributed by atoms with Gasteiger partial charge in [-0.1, -0.05) is 11.6 Å². The summed E-state index contributed by atoms with van der Waals surface area (Å²) in [5, 5.41) is 7.08. The van der Waals surface area contributed by atoms with Gasteiger partial charge in [-0.2, -0.15) is 0 Å². The predicted molar refractivity (Wildman–Crippen MR) is 116 cm³/mol. The molecule has 2 rings (SSSR count). The van der Waals surface area contributed by atoms with E-state index in [-0.39, 0.29) is 16.6 Å². The van der Waals surface area contributed by atoms with E-state index in [4.69, 9.17) is 33.3 Å². The van der Waals surface area contributed by atoms with Gasteiger partial charge in [0.05, 0.1) is 30.3 Å². The van der Waals surface area contributed by atoms with Crippen molar-refractivity contribution in [1.82, 2.24) is 4.90 Å². The molecule has 0 bridgehead atoms. The van der Waals surface area contributed by atoms with Crippen molar-refractivity contribution in [3.05, 3.63) is 39.2 Å². The minimum absolute atomic E-state index is 0.204. The zero-order valence-corrected chi connectivity index (χ0v) is 18.4. The second kappa shape index (κ2) is 9.22. The molecule has 2 aromatic rings. The number of benzene rings is 1. The monoisotopic (exact) mass is 441 g/mol. The average Bonchev–Trinajstić information content (AvgIpc) is 2.96. The number of carbonyl (C=O) groups excluding carboxylic acids is 2. The Kier molecular flexibility index (Phi) is 7.22.